The lowest BCUT2D eigenvalue weighted by Crippen LogP contribution is -2.18. The van der Waals surface area contributed by atoms with Gasteiger partial charge in [0, 0.05) is 6.54 Å². The van der Waals surface area contributed by atoms with Gasteiger partial charge in [0.05, 0.1) is 17.6 Å². The van der Waals surface area contributed by atoms with Crippen LogP contribution in [0.1, 0.15) is 22.6 Å². The summed E-state index contributed by atoms with van der Waals surface area (Å²) in [5, 5.41) is 0. The van der Waals surface area contributed by atoms with Crippen LogP contribution in [0, 0.1) is 6.92 Å². The zero-order chi connectivity index (χ0) is 17.9. The Balaban J connectivity index is 1.38. The first-order chi connectivity index (χ1) is 12.7. The first-order valence-electron chi connectivity index (χ1n) is 8.71. The normalized spacial score (nSPS) is 13.0. The molecule has 0 N–H and O–H groups in total. The van der Waals surface area contributed by atoms with E-state index in [1.54, 1.807) is 18.2 Å². The van der Waals surface area contributed by atoms with E-state index in [1.807, 2.05) is 25.1 Å². The van der Waals surface area contributed by atoms with Gasteiger partial charge in [-0.15, -0.1) is 0 Å². The number of benzene rings is 2. The summed E-state index contributed by atoms with van der Waals surface area (Å²) in [5.41, 5.74) is 2.49. The van der Waals surface area contributed by atoms with Gasteiger partial charge >= 0.3 is 5.97 Å². The van der Waals surface area contributed by atoms with Crippen LogP contribution in [0.2, 0.25) is 0 Å². The lowest BCUT2D eigenvalue weighted by atomic mass is 10.2. The second-order valence-corrected chi connectivity index (χ2v) is 6.12. The van der Waals surface area contributed by atoms with E-state index >= 15 is 0 Å². The van der Waals surface area contributed by atoms with E-state index in [1.165, 1.54) is 0 Å². The fourth-order valence-electron chi connectivity index (χ4n) is 3.18. The van der Waals surface area contributed by atoms with Crippen LogP contribution in [-0.4, -0.2) is 35.3 Å². The van der Waals surface area contributed by atoms with E-state index in [0.29, 0.717) is 43.3 Å². The van der Waals surface area contributed by atoms with Gasteiger partial charge in [0.1, 0.15) is 24.6 Å². The van der Waals surface area contributed by atoms with Crippen LogP contribution in [0.15, 0.2) is 42.5 Å². The molecule has 26 heavy (non-hydrogen) atoms. The van der Waals surface area contributed by atoms with Crippen molar-refractivity contribution in [2.24, 2.45) is 0 Å². The number of carbonyl (C=O) groups excluding carboxylic acids is 1. The second kappa shape index (κ2) is 7.07. The Morgan fingerprint density at radius 2 is 2.00 bits per heavy atom. The Bertz CT molecular complexity index is 948. The molecule has 0 aliphatic carbocycles. The molecule has 3 aromatic rings. The summed E-state index contributed by atoms with van der Waals surface area (Å²) in [7, 11) is 0. The van der Waals surface area contributed by atoms with Gasteiger partial charge in [0.15, 0.2) is 11.5 Å². The third-order valence-electron chi connectivity index (χ3n) is 4.39. The van der Waals surface area contributed by atoms with Gasteiger partial charge < -0.3 is 18.8 Å². The smallest absolute Gasteiger partial charge is 0.342 e. The third-order valence-corrected chi connectivity index (χ3v) is 4.39. The molecule has 6 heteroatoms. The van der Waals surface area contributed by atoms with Crippen LogP contribution >= 0.6 is 0 Å². The molecule has 134 valence electrons. The lowest BCUT2D eigenvalue weighted by Gasteiger charge is -2.20. The monoisotopic (exact) mass is 352 g/mol. The molecular weight excluding hydrogens is 332 g/mol. The van der Waals surface area contributed by atoms with E-state index in [9.17, 15) is 4.79 Å². The van der Waals surface area contributed by atoms with Gasteiger partial charge in [0.25, 0.3) is 0 Å². The molecule has 4 rings (SSSR count). The van der Waals surface area contributed by atoms with Gasteiger partial charge in [-0.2, -0.15) is 0 Å². The van der Waals surface area contributed by atoms with Crippen molar-refractivity contribution in [2.75, 3.05) is 19.8 Å². The van der Waals surface area contributed by atoms with Crippen LogP contribution < -0.4 is 9.47 Å². The molecular formula is C20H20N2O4. The highest BCUT2D eigenvalue weighted by Gasteiger charge is 2.21. The van der Waals surface area contributed by atoms with Crippen LogP contribution in [0.4, 0.5) is 0 Å². The first kappa shape index (κ1) is 16.4. The summed E-state index contributed by atoms with van der Waals surface area (Å²) in [6.07, 6.45) is 0.708. The summed E-state index contributed by atoms with van der Waals surface area (Å²) in [4.78, 5) is 16.9. The minimum Gasteiger partial charge on any atom is -0.486 e. The van der Waals surface area contributed by atoms with Gasteiger partial charge in [-0.25, -0.2) is 9.78 Å². The molecule has 0 bridgehead atoms. The zero-order valence-electron chi connectivity index (χ0n) is 14.6. The number of hydrogen-bond donors (Lipinski definition) is 0. The van der Waals surface area contributed by atoms with Crippen molar-refractivity contribution in [1.29, 1.82) is 0 Å². The molecule has 0 fully saturated rings. The molecule has 2 aromatic carbocycles. The lowest BCUT2D eigenvalue weighted by molar-refractivity contribution is 0.0486. The number of rotatable bonds is 5. The van der Waals surface area contributed by atoms with Crippen molar-refractivity contribution < 1.29 is 19.0 Å². The van der Waals surface area contributed by atoms with Gasteiger partial charge in [-0.3, -0.25) is 0 Å². The molecule has 2 heterocycles. The Labute approximate surface area is 151 Å². The second-order valence-electron chi connectivity index (χ2n) is 6.12. The SMILES string of the molecule is Cc1nc2ccccc2n1CCCOC(=O)c1cccc2c1OCCO2. The fraction of sp³-hybridized carbons (Fsp3) is 0.300. The molecule has 1 aliphatic heterocycles. The highest BCUT2D eigenvalue weighted by molar-refractivity contribution is 5.93. The Morgan fingerprint density at radius 3 is 2.92 bits per heavy atom. The number of imidazole rings is 1. The number of carbonyl (C=O) groups is 1. The average Bonchev–Trinajstić information content (AvgIpc) is 3.00. The number of ether oxygens (including phenoxy) is 3. The molecule has 0 saturated carbocycles. The van der Waals surface area contributed by atoms with Crippen LogP contribution in [0.5, 0.6) is 11.5 Å². The maximum atomic E-state index is 12.4. The van der Waals surface area contributed by atoms with Crippen LogP contribution in [-0.2, 0) is 11.3 Å². The zero-order valence-corrected chi connectivity index (χ0v) is 14.6. The van der Waals surface area contributed by atoms with Crippen molar-refractivity contribution in [3.8, 4) is 11.5 Å². The maximum absolute atomic E-state index is 12.4. The first-order valence-corrected chi connectivity index (χ1v) is 8.71. The van der Waals surface area contributed by atoms with Crippen molar-refractivity contribution in [2.45, 2.75) is 19.9 Å². The Kier molecular flexibility index (Phi) is 4.48. The number of nitrogens with zero attached hydrogens (tertiary/aromatic N) is 2. The van der Waals surface area contributed by atoms with E-state index in [4.69, 9.17) is 14.2 Å². The van der Waals surface area contributed by atoms with E-state index < -0.39 is 0 Å². The van der Waals surface area contributed by atoms with Crippen molar-refractivity contribution in [3.05, 3.63) is 53.9 Å². The number of aromatic nitrogens is 2. The largest absolute Gasteiger partial charge is 0.486 e. The Morgan fingerprint density at radius 1 is 1.15 bits per heavy atom. The minimum absolute atomic E-state index is 0.329. The highest BCUT2D eigenvalue weighted by atomic mass is 16.6. The Hall–Kier alpha value is -3.02. The van der Waals surface area contributed by atoms with E-state index in [0.717, 1.165) is 23.4 Å². The van der Waals surface area contributed by atoms with Crippen molar-refractivity contribution >= 4 is 17.0 Å². The predicted octanol–water partition coefficient (Wildman–Crippen LogP) is 3.36. The maximum Gasteiger partial charge on any atom is 0.342 e. The number of aryl methyl sites for hydroxylation is 2. The summed E-state index contributed by atoms with van der Waals surface area (Å²) in [5.74, 6) is 1.63. The molecule has 0 amide bonds. The van der Waals surface area contributed by atoms with Crippen LogP contribution in [0.25, 0.3) is 11.0 Å². The predicted molar refractivity (Wildman–Crippen MR) is 96.8 cm³/mol. The molecule has 0 radical (unpaired) electrons. The summed E-state index contributed by atoms with van der Waals surface area (Å²) in [6.45, 7) is 3.98. The fourth-order valence-corrected chi connectivity index (χ4v) is 3.18. The number of fused-ring (bicyclic) bond motifs is 2. The molecule has 1 aromatic heterocycles. The molecule has 0 saturated heterocycles. The number of hydrogen-bond acceptors (Lipinski definition) is 5. The average molecular weight is 352 g/mol. The van der Waals surface area contributed by atoms with E-state index in [2.05, 4.69) is 15.6 Å². The molecule has 1 aliphatic rings. The van der Waals surface area contributed by atoms with Gasteiger partial charge in [-0.1, -0.05) is 18.2 Å². The standard InChI is InChI=1S/C20H20N2O4/c1-14-21-16-7-2-3-8-17(16)22(14)10-5-11-26-20(23)15-6-4-9-18-19(15)25-13-12-24-18/h2-4,6-9H,5,10-13H2,1H3. The molecule has 0 unspecified atom stereocenters. The summed E-state index contributed by atoms with van der Waals surface area (Å²) < 4.78 is 18.6. The third kappa shape index (κ3) is 3.10. The van der Waals surface area contributed by atoms with Crippen LogP contribution in [0.3, 0.4) is 0 Å². The topological polar surface area (TPSA) is 62.6 Å². The highest BCUT2D eigenvalue weighted by Crippen LogP contribution is 2.33. The van der Waals surface area contributed by atoms with E-state index in [-0.39, 0.29) is 5.97 Å². The molecule has 0 spiro atoms. The van der Waals surface area contributed by atoms with Crippen molar-refractivity contribution in [3.63, 3.8) is 0 Å². The number of para-hydroxylation sites is 3. The molecule has 6 nitrogen and oxygen atoms in total. The number of esters is 1. The summed E-state index contributed by atoms with van der Waals surface area (Å²) in [6, 6.07) is 13.3. The minimum atomic E-state index is -0.389. The molecule has 0 atom stereocenters. The summed E-state index contributed by atoms with van der Waals surface area (Å²) >= 11 is 0. The van der Waals surface area contributed by atoms with Crippen molar-refractivity contribution in [1.82, 2.24) is 9.55 Å². The van der Waals surface area contributed by atoms with Gasteiger partial charge in [-0.05, 0) is 37.6 Å². The van der Waals surface area contributed by atoms with Gasteiger partial charge in [0.2, 0.25) is 0 Å². The quantitative estimate of drug-likeness (QED) is 0.520.